The van der Waals surface area contributed by atoms with Gasteiger partial charge in [0.15, 0.2) is 0 Å². The van der Waals surface area contributed by atoms with Crippen LogP contribution in [0.25, 0.3) is 0 Å². The molecule has 0 amide bonds. The largest absolute Gasteiger partial charge is 0.392 e. The molecule has 2 fully saturated rings. The smallest absolute Gasteiger partial charge is 0.0608 e. The topological polar surface area (TPSA) is 20.2 Å². The quantitative estimate of drug-likeness (QED) is 0.524. The van der Waals surface area contributed by atoms with E-state index in [0.717, 1.165) is 18.1 Å². The highest BCUT2D eigenvalue weighted by Crippen LogP contribution is 2.63. The van der Waals surface area contributed by atoms with Crippen molar-refractivity contribution in [3.63, 3.8) is 0 Å². The minimum atomic E-state index is -0.140. The maximum atomic E-state index is 10.7. The monoisotopic (exact) mass is 308 g/mol. The van der Waals surface area contributed by atoms with Crippen LogP contribution in [0.4, 0.5) is 0 Å². The molecule has 5 unspecified atom stereocenters. The molecule has 0 aromatic heterocycles. The first-order valence-electron chi connectivity index (χ1n) is 8.85. The van der Waals surface area contributed by atoms with Gasteiger partial charge in [-0.15, -0.1) is 0 Å². The second kappa shape index (κ2) is 5.60. The molecule has 0 spiro atoms. The lowest BCUT2D eigenvalue weighted by Gasteiger charge is -2.59. The van der Waals surface area contributed by atoms with Gasteiger partial charge in [-0.1, -0.05) is 38.8 Å². The van der Waals surface area contributed by atoms with Gasteiger partial charge in [-0.05, 0) is 67.1 Å². The van der Waals surface area contributed by atoms with Crippen molar-refractivity contribution < 1.29 is 5.11 Å². The van der Waals surface area contributed by atoms with Crippen molar-refractivity contribution >= 4 is 12.6 Å². The average molecular weight is 309 g/mol. The van der Waals surface area contributed by atoms with Crippen LogP contribution in [0.5, 0.6) is 0 Å². The molecule has 3 aliphatic rings. The maximum absolute atomic E-state index is 10.7. The second-order valence-corrected chi connectivity index (χ2v) is 9.09. The molecular weight excluding hydrogens is 276 g/mol. The number of aliphatic hydroxyl groups is 1. The summed E-state index contributed by atoms with van der Waals surface area (Å²) in [5.74, 6) is 2.82. The average Bonchev–Trinajstić information content (AvgIpc) is 2.58. The summed E-state index contributed by atoms with van der Waals surface area (Å²) in [5.41, 5.74) is 2.26. The van der Waals surface area contributed by atoms with E-state index in [1.165, 1.54) is 44.1 Å². The Morgan fingerprint density at radius 2 is 2.00 bits per heavy atom. The SMILES string of the molecule is CC1(C)CCCC2(C)C3CC=C(CS)CC(O)C3CCC12. The van der Waals surface area contributed by atoms with Gasteiger partial charge in [0.05, 0.1) is 6.10 Å². The first kappa shape index (κ1) is 15.9. The van der Waals surface area contributed by atoms with E-state index in [1.807, 2.05) is 0 Å². The molecule has 3 aliphatic carbocycles. The van der Waals surface area contributed by atoms with Crippen LogP contribution in [0.1, 0.15) is 65.7 Å². The van der Waals surface area contributed by atoms with Crippen molar-refractivity contribution in [2.45, 2.75) is 71.8 Å². The summed E-state index contributed by atoms with van der Waals surface area (Å²) in [5, 5.41) is 10.7. The Balaban J connectivity index is 1.94. The van der Waals surface area contributed by atoms with Crippen LogP contribution in [-0.2, 0) is 0 Å². The molecule has 21 heavy (non-hydrogen) atoms. The van der Waals surface area contributed by atoms with E-state index in [2.05, 4.69) is 39.5 Å². The van der Waals surface area contributed by atoms with Gasteiger partial charge in [0.2, 0.25) is 0 Å². The highest BCUT2D eigenvalue weighted by Gasteiger charge is 2.55. The molecule has 3 rings (SSSR count). The molecule has 0 saturated heterocycles. The number of hydrogen-bond acceptors (Lipinski definition) is 2. The van der Waals surface area contributed by atoms with E-state index in [-0.39, 0.29) is 6.10 Å². The predicted octanol–water partition coefficient (Wildman–Crippen LogP) is 4.86. The molecule has 5 atom stereocenters. The first-order valence-corrected chi connectivity index (χ1v) is 9.48. The summed E-state index contributed by atoms with van der Waals surface area (Å²) in [6, 6.07) is 0. The third kappa shape index (κ3) is 2.61. The van der Waals surface area contributed by atoms with Gasteiger partial charge in [0.1, 0.15) is 0 Å². The second-order valence-electron chi connectivity index (χ2n) is 8.78. The van der Waals surface area contributed by atoms with Crippen LogP contribution in [0.15, 0.2) is 11.6 Å². The van der Waals surface area contributed by atoms with Crippen LogP contribution in [0, 0.1) is 28.6 Å². The Kier molecular flexibility index (Phi) is 4.25. The van der Waals surface area contributed by atoms with E-state index < -0.39 is 0 Å². The van der Waals surface area contributed by atoms with Gasteiger partial charge < -0.3 is 5.11 Å². The third-order valence-electron chi connectivity index (χ3n) is 7.26. The normalized spacial score (nSPS) is 46.0. The molecular formula is C19H32OS. The number of thiol groups is 1. The molecule has 0 aromatic rings. The lowest BCUT2D eigenvalue weighted by molar-refractivity contribution is -0.118. The fraction of sp³-hybridized carbons (Fsp3) is 0.895. The van der Waals surface area contributed by atoms with Crippen LogP contribution in [0.3, 0.4) is 0 Å². The van der Waals surface area contributed by atoms with E-state index in [9.17, 15) is 5.11 Å². The molecule has 0 bridgehead atoms. The fourth-order valence-corrected chi connectivity index (χ4v) is 6.47. The lowest BCUT2D eigenvalue weighted by atomic mass is 9.45. The summed E-state index contributed by atoms with van der Waals surface area (Å²) in [7, 11) is 0. The van der Waals surface area contributed by atoms with Gasteiger partial charge in [-0.3, -0.25) is 0 Å². The van der Waals surface area contributed by atoms with Crippen molar-refractivity contribution in [1.82, 2.24) is 0 Å². The molecule has 0 aromatic carbocycles. The standard InChI is InChI=1S/C19H32OS/c1-18(2)9-4-10-19(3)15-7-5-13(12-21)11-16(20)14(15)6-8-17(18)19/h5,14-17,20-21H,4,6-12H2,1-3H3. The third-order valence-corrected chi connectivity index (χ3v) is 7.66. The van der Waals surface area contributed by atoms with Gasteiger partial charge >= 0.3 is 0 Å². The van der Waals surface area contributed by atoms with Crippen molar-refractivity contribution in [1.29, 1.82) is 0 Å². The number of fused-ring (bicyclic) bond motifs is 3. The Hall–Kier alpha value is 0.0500. The van der Waals surface area contributed by atoms with Gasteiger partial charge in [0, 0.05) is 5.75 Å². The number of aliphatic hydroxyl groups excluding tert-OH is 1. The highest BCUT2D eigenvalue weighted by atomic mass is 32.1. The fourth-order valence-electron chi connectivity index (χ4n) is 6.21. The van der Waals surface area contributed by atoms with Crippen molar-refractivity contribution in [3.8, 4) is 0 Å². The molecule has 1 nitrogen and oxygen atoms in total. The number of allylic oxidation sites excluding steroid dienone is 1. The van der Waals surface area contributed by atoms with E-state index in [1.54, 1.807) is 0 Å². The van der Waals surface area contributed by atoms with Crippen molar-refractivity contribution in [2.75, 3.05) is 5.75 Å². The number of rotatable bonds is 1. The zero-order valence-corrected chi connectivity index (χ0v) is 14.8. The summed E-state index contributed by atoms with van der Waals surface area (Å²) in [6.45, 7) is 7.51. The van der Waals surface area contributed by atoms with Gasteiger partial charge in [0.25, 0.3) is 0 Å². The molecule has 120 valence electrons. The zero-order valence-electron chi connectivity index (χ0n) is 13.9. The Morgan fingerprint density at radius 3 is 2.71 bits per heavy atom. The molecule has 0 radical (unpaired) electrons. The molecule has 0 heterocycles. The van der Waals surface area contributed by atoms with Gasteiger partial charge in [-0.25, -0.2) is 0 Å². The number of hydrogen-bond donors (Lipinski definition) is 2. The predicted molar refractivity (Wildman–Crippen MR) is 92.6 cm³/mol. The lowest BCUT2D eigenvalue weighted by Crippen LogP contribution is -2.53. The van der Waals surface area contributed by atoms with Crippen LogP contribution < -0.4 is 0 Å². The van der Waals surface area contributed by atoms with Crippen molar-refractivity contribution in [3.05, 3.63) is 11.6 Å². The molecule has 0 aliphatic heterocycles. The Labute approximate surface area is 136 Å². The first-order chi connectivity index (χ1) is 9.88. The zero-order chi connectivity index (χ0) is 15.3. The Bertz CT molecular complexity index is 427. The van der Waals surface area contributed by atoms with Crippen molar-refractivity contribution in [2.24, 2.45) is 28.6 Å². The summed E-state index contributed by atoms with van der Waals surface area (Å²) < 4.78 is 0. The molecule has 2 heteroatoms. The van der Waals surface area contributed by atoms with E-state index in [0.29, 0.717) is 22.7 Å². The van der Waals surface area contributed by atoms with Crippen LogP contribution in [-0.4, -0.2) is 17.0 Å². The van der Waals surface area contributed by atoms with Gasteiger partial charge in [-0.2, -0.15) is 12.6 Å². The maximum Gasteiger partial charge on any atom is 0.0608 e. The van der Waals surface area contributed by atoms with E-state index >= 15 is 0 Å². The summed E-state index contributed by atoms with van der Waals surface area (Å²) in [4.78, 5) is 0. The van der Waals surface area contributed by atoms with E-state index in [4.69, 9.17) is 0 Å². The van der Waals surface area contributed by atoms with Crippen LogP contribution >= 0.6 is 12.6 Å². The minimum Gasteiger partial charge on any atom is -0.392 e. The van der Waals surface area contributed by atoms with Crippen LogP contribution in [0.2, 0.25) is 0 Å². The summed E-state index contributed by atoms with van der Waals surface area (Å²) >= 11 is 4.45. The molecule has 1 N–H and O–H groups in total. The highest BCUT2D eigenvalue weighted by molar-refractivity contribution is 7.80. The minimum absolute atomic E-state index is 0.140. The summed E-state index contributed by atoms with van der Waals surface area (Å²) in [6.07, 6.45) is 10.9. The Morgan fingerprint density at radius 1 is 1.24 bits per heavy atom. The molecule has 2 saturated carbocycles.